The van der Waals surface area contributed by atoms with E-state index in [0.717, 1.165) is 32.0 Å². The molecule has 0 radical (unpaired) electrons. The highest BCUT2D eigenvalue weighted by molar-refractivity contribution is 5.29. The molecule has 2 fully saturated rings. The van der Waals surface area contributed by atoms with Crippen LogP contribution in [0.3, 0.4) is 0 Å². The molecule has 1 N–H and O–H groups in total. The lowest BCUT2D eigenvalue weighted by molar-refractivity contribution is 0.0156. The number of benzene rings is 1. The fourth-order valence-corrected chi connectivity index (χ4v) is 4.02. The van der Waals surface area contributed by atoms with E-state index in [4.69, 9.17) is 4.74 Å². The summed E-state index contributed by atoms with van der Waals surface area (Å²) in [5, 5.41) is 3.66. The van der Waals surface area contributed by atoms with E-state index in [0.29, 0.717) is 6.04 Å². The molecule has 1 saturated heterocycles. The topological polar surface area (TPSA) is 21.3 Å². The Morgan fingerprint density at radius 1 is 1.16 bits per heavy atom. The van der Waals surface area contributed by atoms with Crippen molar-refractivity contribution in [2.45, 2.75) is 43.6 Å². The van der Waals surface area contributed by atoms with E-state index in [1.165, 1.54) is 24.8 Å². The second-order valence-electron chi connectivity index (χ2n) is 6.09. The first-order chi connectivity index (χ1) is 9.37. The lowest BCUT2D eigenvalue weighted by Gasteiger charge is -2.49. The molecule has 2 aliphatic rings. The Hall–Kier alpha value is -0.860. The van der Waals surface area contributed by atoms with Crippen LogP contribution in [-0.4, -0.2) is 26.3 Å². The zero-order chi connectivity index (χ0) is 13.1. The molecule has 1 aromatic rings. The molecule has 1 heterocycles. The van der Waals surface area contributed by atoms with E-state index >= 15 is 0 Å². The quantitative estimate of drug-likeness (QED) is 0.897. The molecular weight excluding hydrogens is 234 g/mol. The van der Waals surface area contributed by atoms with Crippen molar-refractivity contribution in [3.8, 4) is 0 Å². The standard InChI is InChI=1S/C17H25NO/c1-18-16(14-6-5-7-14)17(10-12-19-13-11-17)15-8-3-2-4-9-15/h2-4,8-9,14,16,18H,5-7,10-13H2,1H3. The van der Waals surface area contributed by atoms with Gasteiger partial charge >= 0.3 is 0 Å². The van der Waals surface area contributed by atoms with Gasteiger partial charge < -0.3 is 10.1 Å². The predicted octanol–water partition coefficient (Wildman–Crippen LogP) is 3.12. The molecule has 2 heteroatoms. The summed E-state index contributed by atoms with van der Waals surface area (Å²) in [6.07, 6.45) is 6.49. The van der Waals surface area contributed by atoms with Crippen LogP contribution in [0.25, 0.3) is 0 Å². The first-order valence-electron chi connectivity index (χ1n) is 7.67. The smallest absolute Gasteiger partial charge is 0.0475 e. The third-order valence-electron chi connectivity index (χ3n) is 5.26. The molecule has 0 spiro atoms. The van der Waals surface area contributed by atoms with Crippen LogP contribution in [0, 0.1) is 5.92 Å². The fraction of sp³-hybridized carbons (Fsp3) is 0.647. The van der Waals surface area contributed by atoms with Crippen molar-refractivity contribution in [3.63, 3.8) is 0 Å². The van der Waals surface area contributed by atoms with Crippen molar-refractivity contribution >= 4 is 0 Å². The van der Waals surface area contributed by atoms with Gasteiger partial charge in [-0.1, -0.05) is 36.8 Å². The summed E-state index contributed by atoms with van der Waals surface area (Å²) in [7, 11) is 2.14. The molecule has 0 bridgehead atoms. The Kier molecular flexibility index (Phi) is 3.90. The maximum absolute atomic E-state index is 5.64. The molecule has 0 aromatic heterocycles. The van der Waals surface area contributed by atoms with Crippen molar-refractivity contribution in [1.29, 1.82) is 0 Å². The number of hydrogen-bond acceptors (Lipinski definition) is 2. The molecule has 1 aromatic carbocycles. The summed E-state index contributed by atoms with van der Waals surface area (Å²) in [6, 6.07) is 11.7. The summed E-state index contributed by atoms with van der Waals surface area (Å²) < 4.78 is 5.64. The minimum Gasteiger partial charge on any atom is -0.381 e. The maximum atomic E-state index is 5.64. The number of hydrogen-bond donors (Lipinski definition) is 1. The first kappa shape index (κ1) is 13.1. The van der Waals surface area contributed by atoms with Crippen molar-refractivity contribution in [2.24, 2.45) is 5.92 Å². The second kappa shape index (κ2) is 5.64. The van der Waals surface area contributed by atoms with E-state index in [2.05, 4.69) is 42.7 Å². The van der Waals surface area contributed by atoms with Gasteiger partial charge in [0.25, 0.3) is 0 Å². The molecule has 1 aliphatic carbocycles. The van der Waals surface area contributed by atoms with E-state index in [9.17, 15) is 0 Å². The zero-order valence-electron chi connectivity index (χ0n) is 11.9. The van der Waals surface area contributed by atoms with Gasteiger partial charge in [-0.2, -0.15) is 0 Å². The van der Waals surface area contributed by atoms with Gasteiger partial charge in [0.2, 0.25) is 0 Å². The maximum Gasteiger partial charge on any atom is 0.0475 e. The summed E-state index contributed by atoms with van der Waals surface area (Å²) in [5.74, 6) is 0.850. The molecule has 1 aliphatic heterocycles. The SMILES string of the molecule is CNC(C1CCC1)C1(c2ccccc2)CCOCC1. The highest BCUT2D eigenvalue weighted by Gasteiger charge is 2.45. The minimum absolute atomic E-state index is 0.277. The second-order valence-corrected chi connectivity index (χ2v) is 6.09. The number of ether oxygens (including phenoxy) is 1. The van der Waals surface area contributed by atoms with Crippen LogP contribution in [0.4, 0.5) is 0 Å². The van der Waals surface area contributed by atoms with E-state index < -0.39 is 0 Å². The minimum atomic E-state index is 0.277. The molecule has 1 atom stereocenters. The van der Waals surface area contributed by atoms with Crippen LogP contribution in [0.5, 0.6) is 0 Å². The number of likely N-dealkylation sites (N-methyl/N-ethyl adjacent to an activating group) is 1. The van der Waals surface area contributed by atoms with Crippen molar-refractivity contribution in [3.05, 3.63) is 35.9 Å². The van der Waals surface area contributed by atoms with Gasteiger partial charge in [0.1, 0.15) is 0 Å². The molecule has 0 amide bonds. The summed E-state index contributed by atoms with van der Waals surface area (Å²) in [5.41, 5.74) is 1.78. The van der Waals surface area contributed by atoms with Crippen LogP contribution in [0.1, 0.15) is 37.7 Å². The predicted molar refractivity (Wildman–Crippen MR) is 78.4 cm³/mol. The highest BCUT2D eigenvalue weighted by Crippen LogP contribution is 2.45. The molecule has 1 unspecified atom stereocenters. The van der Waals surface area contributed by atoms with Gasteiger partial charge in [0.05, 0.1) is 0 Å². The third-order valence-corrected chi connectivity index (χ3v) is 5.26. The van der Waals surface area contributed by atoms with Gasteiger partial charge in [-0.15, -0.1) is 0 Å². The molecule has 3 rings (SSSR count). The third kappa shape index (κ3) is 2.32. The molecule has 2 nitrogen and oxygen atoms in total. The molecular formula is C17H25NO. The summed E-state index contributed by atoms with van der Waals surface area (Å²) in [6.45, 7) is 1.81. The van der Waals surface area contributed by atoms with Crippen LogP contribution < -0.4 is 5.32 Å². The van der Waals surface area contributed by atoms with Crippen LogP contribution >= 0.6 is 0 Å². The summed E-state index contributed by atoms with van der Waals surface area (Å²) >= 11 is 0. The average Bonchev–Trinajstić information content (AvgIpc) is 2.44. The lowest BCUT2D eigenvalue weighted by Crippen LogP contribution is -2.55. The normalized spacial score (nSPS) is 24.7. The van der Waals surface area contributed by atoms with Crippen molar-refractivity contribution in [1.82, 2.24) is 5.32 Å². The van der Waals surface area contributed by atoms with Gasteiger partial charge in [0, 0.05) is 24.7 Å². The molecule has 19 heavy (non-hydrogen) atoms. The van der Waals surface area contributed by atoms with Crippen LogP contribution in [0.2, 0.25) is 0 Å². The summed E-state index contributed by atoms with van der Waals surface area (Å²) in [4.78, 5) is 0. The fourth-order valence-electron chi connectivity index (χ4n) is 4.02. The van der Waals surface area contributed by atoms with Gasteiger partial charge in [-0.3, -0.25) is 0 Å². The lowest BCUT2D eigenvalue weighted by atomic mass is 9.61. The monoisotopic (exact) mass is 259 g/mol. The van der Waals surface area contributed by atoms with Crippen LogP contribution in [0.15, 0.2) is 30.3 Å². The Balaban J connectivity index is 1.95. The van der Waals surface area contributed by atoms with Crippen molar-refractivity contribution in [2.75, 3.05) is 20.3 Å². The van der Waals surface area contributed by atoms with E-state index in [1.54, 1.807) is 0 Å². The number of nitrogens with one attached hydrogen (secondary N) is 1. The van der Waals surface area contributed by atoms with Gasteiger partial charge in [0.15, 0.2) is 0 Å². The van der Waals surface area contributed by atoms with Crippen molar-refractivity contribution < 1.29 is 4.74 Å². The average molecular weight is 259 g/mol. The zero-order valence-corrected chi connectivity index (χ0v) is 11.9. The Bertz CT molecular complexity index is 393. The van der Waals surface area contributed by atoms with Crippen LogP contribution in [-0.2, 0) is 10.2 Å². The van der Waals surface area contributed by atoms with Gasteiger partial charge in [-0.25, -0.2) is 0 Å². The Morgan fingerprint density at radius 3 is 2.37 bits per heavy atom. The largest absolute Gasteiger partial charge is 0.381 e. The van der Waals surface area contributed by atoms with Gasteiger partial charge in [-0.05, 0) is 44.2 Å². The molecule has 104 valence electrons. The van der Waals surface area contributed by atoms with E-state index in [1.807, 2.05) is 0 Å². The highest BCUT2D eigenvalue weighted by atomic mass is 16.5. The first-order valence-corrected chi connectivity index (χ1v) is 7.67. The number of rotatable bonds is 4. The van der Waals surface area contributed by atoms with E-state index in [-0.39, 0.29) is 5.41 Å². The Morgan fingerprint density at radius 2 is 1.84 bits per heavy atom. The molecule has 1 saturated carbocycles. The Labute approximate surface area is 116 Å².